The Morgan fingerprint density at radius 3 is 2.82 bits per heavy atom. The summed E-state index contributed by atoms with van der Waals surface area (Å²) in [5.41, 5.74) is 0.765. The van der Waals surface area contributed by atoms with Gasteiger partial charge in [-0.3, -0.25) is 0 Å². The molecule has 2 heterocycles. The van der Waals surface area contributed by atoms with Gasteiger partial charge >= 0.3 is 0 Å². The zero-order valence-corrected chi connectivity index (χ0v) is 12.4. The average Bonchev–Trinajstić information content (AvgIpc) is 2.32. The summed E-state index contributed by atoms with van der Waals surface area (Å²) in [4.78, 5) is 8.44. The number of aromatic nitrogens is 2. The Morgan fingerprint density at radius 2 is 2.06 bits per heavy atom. The number of pyridine rings is 2. The molecule has 2 rings (SSSR count). The van der Waals surface area contributed by atoms with Crippen molar-refractivity contribution in [1.29, 1.82) is 0 Å². The molecule has 0 atom stereocenters. The Morgan fingerprint density at radius 1 is 1.24 bits per heavy atom. The second kappa shape index (κ2) is 6.05. The van der Waals surface area contributed by atoms with Crippen LogP contribution in [0.3, 0.4) is 0 Å². The molecule has 0 radical (unpaired) electrons. The van der Waals surface area contributed by atoms with Crippen LogP contribution in [-0.2, 0) is 5.75 Å². The SMILES string of the molecule is Clc1ccc(Cl)c(CSc2ncccc2Br)n1. The van der Waals surface area contributed by atoms with Gasteiger partial charge in [0, 0.05) is 16.4 Å². The van der Waals surface area contributed by atoms with Crippen LogP contribution in [0.15, 0.2) is 40.0 Å². The molecule has 2 nitrogen and oxygen atoms in total. The summed E-state index contributed by atoms with van der Waals surface area (Å²) in [5.74, 6) is 0.634. The van der Waals surface area contributed by atoms with E-state index in [-0.39, 0.29) is 0 Å². The summed E-state index contributed by atoms with van der Waals surface area (Å²) in [5, 5.41) is 1.98. The third-order valence-corrected chi connectivity index (χ3v) is 4.43. The van der Waals surface area contributed by atoms with E-state index in [1.807, 2.05) is 12.1 Å². The van der Waals surface area contributed by atoms with Crippen molar-refractivity contribution in [2.24, 2.45) is 0 Å². The molecule has 17 heavy (non-hydrogen) atoms. The number of nitrogens with zero attached hydrogens (tertiary/aromatic N) is 2. The maximum absolute atomic E-state index is 6.04. The fourth-order valence-corrected chi connectivity index (χ4v) is 3.02. The molecule has 0 amide bonds. The second-order valence-corrected chi connectivity index (χ2v) is 5.75. The van der Waals surface area contributed by atoms with Crippen LogP contribution in [0.1, 0.15) is 5.69 Å². The van der Waals surface area contributed by atoms with Crippen LogP contribution in [0.2, 0.25) is 10.2 Å². The first-order valence-electron chi connectivity index (χ1n) is 4.71. The highest BCUT2D eigenvalue weighted by Crippen LogP contribution is 2.29. The van der Waals surface area contributed by atoms with Gasteiger partial charge in [0.15, 0.2) is 0 Å². The third kappa shape index (κ3) is 3.58. The van der Waals surface area contributed by atoms with Crippen LogP contribution in [-0.4, -0.2) is 9.97 Å². The minimum Gasteiger partial charge on any atom is -0.249 e. The molecular formula is C11H7BrCl2N2S. The van der Waals surface area contributed by atoms with E-state index in [9.17, 15) is 0 Å². The van der Waals surface area contributed by atoms with Crippen LogP contribution in [0.5, 0.6) is 0 Å². The molecule has 2 aromatic rings. The van der Waals surface area contributed by atoms with Gasteiger partial charge in [-0.05, 0) is 40.2 Å². The lowest BCUT2D eigenvalue weighted by Gasteiger charge is -2.04. The van der Waals surface area contributed by atoms with Crippen LogP contribution in [0, 0.1) is 0 Å². The highest BCUT2D eigenvalue weighted by atomic mass is 79.9. The molecule has 0 aromatic carbocycles. The molecule has 0 spiro atoms. The van der Waals surface area contributed by atoms with Crippen molar-refractivity contribution in [3.8, 4) is 0 Å². The molecule has 0 saturated heterocycles. The predicted octanol–water partition coefficient (Wildman–Crippen LogP) is 4.84. The molecule has 0 aliphatic carbocycles. The monoisotopic (exact) mass is 348 g/mol. The molecule has 2 aromatic heterocycles. The van der Waals surface area contributed by atoms with E-state index >= 15 is 0 Å². The van der Waals surface area contributed by atoms with E-state index in [0.29, 0.717) is 15.9 Å². The van der Waals surface area contributed by atoms with Gasteiger partial charge in [0.25, 0.3) is 0 Å². The largest absolute Gasteiger partial charge is 0.249 e. The number of hydrogen-bond donors (Lipinski definition) is 0. The van der Waals surface area contributed by atoms with Gasteiger partial charge < -0.3 is 0 Å². The molecule has 0 bridgehead atoms. The Balaban J connectivity index is 2.12. The molecule has 88 valence electrons. The fourth-order valence-electron chi connectivity index (χ4n) is 1.17. The van der Waals surface area contributed by atoms with E-state index in [0.717, 1.165) is 15.2 Å². The van der Waals surface area contributed by atoms with Crippen molar-refractivity contribution in [3.05, 3.63) is 50.8 Å². The second-order valence-electron chi connectivity index (χ2n) is 3.14. The van der Waals surface area contributed by atoms with Gasteiger partial charge in [-0.25, -0.2) is 9.97 Å². The smallest absolute Gasteiger partial charge is 0.129 e. The highest BCUT2D eigenvalue weighted by Gasteiger charge is 2.06. The van der Waals surface area contributed by atoms with Gasteiger partial charge in [0.2, 0.25) is 0 Å². The zero-order chi connectivity index (χ0) is 12.3. The number of hydrogen-bond acceptors (Lipinski definition) is 3. The standard InChI is InChI=1S/C11H7BrCl2N2S/c12-7-2-1-5-15-11(7)17-6-9-8(13)3-4-10(14)16-9/h1-5H,6H2. The Hall–Kier alpha value is -0.290. The van der Waals surface area contributed by atoms with E-state index < -0.39 is 0 Å². The molecule has 0 aliphatic heterocycles. The Bertz CT molecular complexity index is 537. The lowest BCUT2D eigenvalue weighted by Crippen LogP contribution is -1.90. The van der Waals surface area contributed by atoms with Gasteiger partial charge in [-0.2, -0.15) is 0 Å². The molecule has 0 N–H and O–H groups in total. The first kappa shape index (κ1) is 13.1. The molecule has 6 heteroatoms. The summed E-state index contributed by atoms with van der Waals surface area (Å²) in [6, 6.07) is 7.25. The molecular weight excluding hydrogens is 343 g/mol. The third-order valence-electron chi connectivity index (χ3n) is 1.95. The fraction of sp³-hybridized carbons (Fsp3) is 0.0909. The van der Waals surface area contributed by atoms with Crippen molar-refractivity contribution in [2.75, 3.05) is 0 Å². The minimum atomic E-state index is 0.449. The van der Waals surface area contributed by atoms with Crippen molar-refractivity contribution < 1.29 is 0 Å². The van der Waals surface area contributed by atoms with Crippen molar-refractivity contribution in [1.82, 2.24) is 9.97 Å². The number of thioether (sulfide) groups is 1. The topological polar surface area (TPSA) is 25.8 Å². The van der Waals surface area contributed by atoms with E-state index in [2.05, 4.69) is 25.9 Å². The maximum Gasteiger partial charge on any atom is 0.129 e. The Kier molecular flexibility index (Phi) is 4.68. The molecule has 0 aliphatic rings. The quantitative estimate of drug-likeness (QED) is 0.585. The van der Waals surface area contributed by atoms with Gasteiger partial charge in [0.05, 0.1) is 10.7 Å². The van der Waals surface area contributed by atoms with E-state index in [4.69, 9.17) is 23.2 Å². The summed E-state index contributed by atoms with van der Waals surface area (Å²) in [7, 11) is 0. The maximum atomic E-state index is 6.04. The number of halogens is 3. The van der Waals surface area contributed by atoms with Crippen LogP contribution in [0.25, 0.3) is 0 Å². The van der Waals surface area contributed by atoms with Crippen LogP contribution >= 0.6 is 50.9 Å². The van der Waals surface area contributed by atoms with Gasteiger partial charge in [0.1, 0.15) is 10.2 Å². The molecule has 0 unspecified atom stereocenters. The lowest BCUT2D eigenvalue weighted by atomic mass is 10.4. The lowest BCUT2D eigenvalue weighted by molar-refractivity contribution is 1.10. The summed E-state index contributed by atoms with van der Waals surface area (Å²) >= 11 is 16.9. The summed E-state index contributed by atoms with van der Waals surface area (Å²) < 4.78 is 0.961. The van der Waals surface area contributed by atoms with Crippen LogP contribution < -0.4 is 0 Å². The van der Waals surface area contributed by atoms with Crippen molar-refractivity contribution >= 4 is 50.9 Å². The first-order chi connectivity index (χ1) is 8.16. The van der Waals surface area contributed by atoms with Crippen LogP contribution in [0.4, 0.5) is 0 Å². The van der Waals surface area contributed by atoms with Gasteiger partial charge in [-0.15, -0.1) is 0 Å². The first-order valence-corrected chi connectivity index (χ1v) is 7.24. The summed E-state index contributed by atoms with van der Waals surface area (Å²) in [6.45, 7) is 0. The molecule has 0 saturated carbocycles. The highest BCUT2D eigenvalue weighted by molar-refractivity contribution is 9.10. The predicted molar refractivity (Wildman–Crippen MR) is 75.8 cm³/mol. The van der Waals surface area contributed by atoms with Gasteiger partial charge in [-0.1, -0.05) is 35.0 Å². The Labute approximate surface area is 122 Å². The van der Waals surface area contributed by atoms with Crippen molar-refractivity contribution in [3.63, 3.8) is 0 Å². The normalized spacial score (nSPS) is 10.5. The number of rotatable bonds is 3. The average molecular weight is 350 g/mol. The summed E-state index contributed by atoms with van der Waals surface area (Å²) in [6.07, 6.45) is 1.75. The molecule has 0 fully saturated rings. The van der Waals surface area contributed by atoms with Crippen molar-refractivity contribution in [2.45, 2.75) is 10.8 Å². The van der Waals surface area contributed by atoms with E-state index in [1.165, 1.54) is 0 Å². The zero-order valence-electron chi connectivity index (χ0n) is 8.53. The van der Waals surface area contributed by atoms with E-state index in [1.54, 1.807) is 30.1 Å². The minimum absolute atomic E-state index is 0.449.